The summed E-state index contributed by atoms with van der Waals surface area (Å²) in [5, 5.41) is 4.43. The number of hydrogen-bond acceptors (Lipinski definition) is 5. The van der Waals surface area contributed by atoms with Gasteiger partial charge < -0.3 is 14.2 Å². The zero-order valence-corrected chi connectivity index (χ0v) is 18.2. The summed E-state index contributed by atoms with van der Waals surface area (Å²) >= 11 is 0. The summed E-state index contributed by atoms with van der Waals surface area (Å²) in [5.41, 5.74) is 0.752. The minimum Gasteiger partial charge on any atom is -0.381 e. The van der Waals surface area contributed by atoms with Crippen LogP contribution in [0.15, 0.2) is 34.9 Å². The summed E-state index contributed by atoms with van der Waals surface area (Å²) in [7, 11) is 0. The number of rotatable bonds is 4. The molecular weight excluding hydrogens is 435 g/mol. The Morgan fingerprint density at radius 2 is 1.91 bits per heavy atom. The molecule has 0 atom stereocenters. The molecule has 1 amide bonds. The number of halogens is 3. The first-order valence-corrected chi connectivity index (χ1v) is 11.1. The highest BCUT2D eigenvalue weighted by atomic mass is 19.4. The molecule has 0 saturated carbocycles. The molecule has 174 valence electrons. The number of hydrogen-bond donors (Lipinski definition) is 0. The van der Waals surface area contributed by atoms with Gasteiger partial charge in [-0.3, -0.25) is 4.79 Å². The second-order valence-corrected chi connectivity index (χ2v) is 8.95. The molecule has 3 aromatic rings. The van der Waals surface area contributed by atoms with E-state index in [0.29, 0.717) is 41.6 Å². The van der Waals surface area contributed by atoms with Crippen molar-refractivity contribution in [2.45, 2.75) is 32.4 Å². The number of likely N-dealkylation sites (tertiary alicyclic amines) is 1. The van der Waals surface area contributed by atoms with Gasteiger partial charge in [0.05, 0.1) is 27.9 Å². The van der Waals surface area contributed by atoms with Crippen LogP contribution in [0, 0.1) is 18.8 Å². The fourth-order valence-corrected chi connectivity index (χ4v) is 4.77. The summed E-state index contributed by atoms with van der Waals surface area (Å²) in [6.45, 7) is 4.67. The minimum absolute atomic E-state index is 0.144. The van der Waals surface area contributed by atoms with Crippen LogP contribution in [0.3, 0.4) is 0 Å². The van der Waals surface area contributed by atoms with Crippen LogP contribution in [-0.4, -0.2) is 47.3 Å². The van der Waals surface area contributed by atoms with Crippen molar-refractivity contribution in [2.75, 3.05) is 26.3 Å². The van der Waals surface area contributed by atoms with Gasteiger partial charge in [-0.25, -0.2) is 4.98 Å². The molecule has 4 heterocycles. The maximum Gasteiger partial charge on any atom is 0.416 e. The highest BCUT2D eigenvalue weighted by Gasteiger charge is 2.35. The van der Waals surface area contributed by atoms with Crippen molar-refractivity contribution in [1.29, 1.82) is 0 Å². The lowest BCUT2D eigenvalue weighted by Crippen LogP contribution is -2.50. The monoisotopic (exact) mass is 459 g/mol. The largest absolute Gasteiger partial charge is 0.416 e. The van der Waals surface area contributed by atoms with Crippen molar-refractivity contribution in [3.05, 3.63) is 47.2 Å². The highest BCUT2D eigenvalue weighted by Crippen LogP contribution is 2.35. The summed E-state index contributed by atoms with van der Waals surface area (Å²) in [6, 6.07) is 6.45. The molecule has 6 nitrogen and oxygen atoms in total. The molecule has 0 bridgehead atoms. The Hall–Kier alpha value is -2.94. The van der Waals surface area contributed by atoms with Crippen LogP contribution in [-0.2, 0) is 10.9 Å². The molecule has 2 aliphatic rings. The first-order chi connectivity index (χ1) is 15.8. The van der Waals surface area contributed by atoms with Crippen molar-refractivity contribution in [3.8, 4) is 11.3 Å². The van der Waals surface area contributed by atoms with Crippen LogP contribution >= 0.6 is 0 Å². The summed E-state index contributed by atoms with van der Waals surface area (Å²) in [6.07, 6.45) is -1.26. The standard InChI is InChI=1S/C24H24F3N3O3/c1-14-21-19(23(31)30-12-16(13-30)9-15-5-7-32-8-6-15)11-20(28-22(21)33-29-14)17-3-2-4-18(10-17)24(25,26)27/h2-4,10-11,15-16H,5-9,12-13H2,1H3. The van der Waals surface area contributed by atoms with Gasteiger partial charge in [-0.05, 0) is 56.2 Å². The fourth-order valence-electron chi connectivity index (χ4n) is 4.77. The van der Waals surface area contributed by atoms with Gasteiger partial charge in [-0.2, -0.15) is 13.2 Å². The number of carbonyl (C=O) groups is 1. The maximum absolute atomic E-state index is 13.4. The van der Waals surface area contributed by atoms with Crippen molar-refractivity contribution < 1.29 is 27.2 Å². The average molecular weight is 459 g/mol. The number of alkyl halides is 3. The quantitative estimate of drug-likeness (QED) is 0.543. The van der Waals surface area contributed by atoms with Gasteiger partial charge in [-0.1, -0.05) is 17.3 Å². The predicted molar refractivity (Wildman–Crippen MR) is 115 cm³/mol. The van der Waals surface area contributed by atoms with Gasteiger partial charge in [0.2, 0.25) is 0 Å². The van der Waals surface area contributed by atoms with Crippen LogP contribution in [0.25, 0.3) is 22.4 Å². The molecule has 2 fully saturated rings. The van der Waals surface area contributed by atoms with Crippen LogP contribution in [0.5, 0.6) is 0 Å². The van der Waals surface area contributed by atoms with Gasteiger partial charge in [0.1, 0.15) is 0 Å². The Balaban J connectivity index is 1.41. The molecule has 0 spiro atoms. The van der Waals surface area contributed by atoms with E-state index >= 15 is 0 Å². The van der Waals surface area contributed by atoms with E-state index in [2.05, 4.69) is 10.1 Å². The number of amides is 1. The summed E-state index contributed by atoms with van der Waals surface area (Å²) in [5.74, 6) is 0.924. The van der Waals surface area contributed by atoms with Gasteiger partial charge in [-0.15, -0.1) is 0 Å². The van der Waals surface area contributed by atoms with E-state index in [1.807, 2.05) is 0 Å². The summed E-state index contributed by atoms with van der Waals surface area (Å²) in [4.78, 5) is 19.5. The number of fused-ring (bicyclic) bond motifs is 1. The third-order valence-corrected chi connectivity index (χ3v) is 6.59. The van der Waals surface area contributed by atoms with Crippen molar-refractivity contribution >= 4 is 17.0 Å². The van der Waals surface area contributed by atoms with E-state index in [9.17, 15) is 18.0 Å². The molecule has 5 rings (SSSR count). The Morgan fingerprint density at radius 1 is 1.15 bits per heavy atom. The number of carbonyl (C=O) groups excluding carboxylic acids is 1. The second kappa shape index (κ2) is 8.44. The van der Waals surface area contributed by atoms with Crippen LogP contribution in [0.4, 0.5) is 13.2 Å². The van der Waals surface area contributed by atoms with Crippen molar-refractivity contribution in [1.82, 2.24) is 15.0 Å². The second-order valence-electron chi connectivity index (χ2n) is 8.95. The number of benzene rings is 1. The topological polar surface area (TPSA) is 68.5 Å². The summed E-state index contributed by atoms with van der Waals surface area (Å²) < 4.78 is 50.3. The van der Waals surface area contributed by atoms with Gasteiger partial charge >= 0.3 is 6.18 Å². The molecule has 33 heavy (non-hydrogen) atoms. The molecule has 2 saturated heterocycles. The van der Waals surface area contributed by atoms with Crippen molar-refractivity contribution in [3.63, 3.8) is 0 Å². The van der Waals surface area contributed by atoms with Crippen LogP contribution in [0.1, 0.15) is 40.9 Å². The first kappa shape index (κ1) is 21.9. The van der Waals surface area contributed by atoms with E-state index in [4.69, 9.17) is 9.26 Å². The number of aromatic nitrogens is 2. The third kappa shape index (κ3) is 4.34. The lowest BCUT2D eigenvalue weighted by Gasteiger charge is -2.41. The zero-order chi connectivity index (χ0) is 23.2. The first-order valence-electron chi connectivity index (χ1n) is 11.1. The maximum atomic E-state index is 13.4. The Labute approximate surface area is 188 Å². The fraction of sp³-hybridized carbons (Fsp3) is 0.458. The molecule has 0 unspecified atom stereocenters. The average Bonchev–Trinajstić information content (AvgIpc) is 3.16. The third-order valence-electron chi connectivity index (χ3n) is 6.59. The molecule has 1 aromatic carbocycles. The SMILES string of the molecule is Cc1noc2nc(-c3cccc(C(F)(F)F)c3)cc(C(=O)N3CC(CC4CCOCC4)C3)c12. The molecule has 0 aliphatic carbocycles. The number of nitrogens with zero attached hydrogens (tertiary/aromatic N) is 3. The molecule has 0 N–H and O–H groups in total. The highest BCUT2D eigenvalue weighted by molar-refractivity contribution is 6.07. The molecule has 9 heteroatoms. The van der Waals surface area contributed by atoms with E-state index in [-0.39, 0.29) is 22.9 Å². The van der Waals surface area contributed by atoms with E-state index < -0.39 is 11.7 Å². The molecule has 2 aromatic heterocycles. The smallest absolute Gasteiger partial charge is 0.381 e. The zero-order valence-electron chi connectivity index (χ0n) is 18.2. The molecule has 2 aliphatic heterocycles. The lowest BCUT2D eigenvalue weighted by molar-refractivity contribution is -0.137. The lowest BCUT2D eigenvalue weighted by atomic mass is 9.84. The minimum atomic E-state index is -4.47. The Morgan fingerprint density at radius 3 is 2.64 bits per heavy atom. The Kier molecular flexibility index (Phi) is 5.60. The van der Waals surface area contributed by atoms with Gasteiger partial charge in [0, 0.05) is 31.9 Å². The van der Waals surface area contributed by atoms with E-state index in [1.54, 1.807) is 17.9 Å². The van der Waals surface area contributed by atoms with Crippen LogP contribution in [0.2, 0.25) is 0 Å². The Bertz CT molecular complexity index is 1180. The normalized spacial score (nSPS) is 18.0. The van der Waals surface area contributed by atoms with Crippen molar-refractivity contribution in [2.24, 2.45) is 11.8 Å². The molecular formula is C24H24F3N3O3. The van der Waals surface area contributed by atoms with Gasteiger partial charge in [0.25, 0.3) is 11.6 Å². The van der Waals surface area contributed by atoms with Gasteiger partial charge in [0.15, 0.2) is 0 Å². The number of aryl methyl sites for hydroxylation is 1. The number of pyridine rings is 1. The predicted octanol–water partition coefficient (Wildman–Crippen LogP) is 5.11. The molecule has 0 radical (unpaired) electrons. The van der Waals surface area contributed by atoms with Crippen LogP contribution < -0.4 is 0 Å². The number of ether oxygens (including phenoxy) is 1. The van der Waals surface area contributed by atoms with E-state index in [0.717, 1.165) is 44.6 Å². The van der Waals surface area contributed by atoms with E-state index in [1.165, 1.54) is 12.1 Å².